The zero-order valence-electron chi connectivity index (χ0n) is 15.5. The Morgan fingerprint density at radius 1 is 1.15 bits per heavy atom. The number of hydrogen-bond donors (Lipinski definition) is 1. The first-order valence-corrected chi connectivity index (χ1v) is 8.64. The predicted molar refractivity (Wildman–Crippen MR) is 101 cm³/mol. The highest BCUT2D eigenvalue weighted by Crippen LogP contribution is 2.23. The van der Waals surface area contributed by atoms with E-state index in [0.717, 1.165) is 5.56 Å². The van der Waals surface area contributed by atoms with Crippen LogP contribution in [0, 0.1) is 5.82 Å². The summed E-state index contributed by atoms with van der Waals surface area (Å²) in [7, 11) is 1.88. The van der Waals surface area contributed by atoms with Crippen LogP contribution in [-0.2, 0) is 11.8 Å². The smallest absolute Gasteiger partial charge is 0.264 e. The van der Waals surface area contributed by atoms with Gasteiger partial charge in [-0.05, 0) is 43.7 Å². The summed E-state index contributed by atoms with van der Waals surface area (Å²) in [6.07, 6.45) is 3.52. The van der Waals surface area contributed by atoms with Crippen molar-refractivity contribution in [1.29, 1.82) is 0 Å². The van der Waals surface area contributed by atoms with Crippen LogP contribution in [0.2, 0.25) is 0 Å². The number of aryl methyl sites for hydroxylation is 1. The molecule has 0 radical (unpaired) electrons. The van der Waals surface area contributed by atoms with Crippen molar-refractivity contribution >= 4 is 5.91 Å². The van der Waals surface area contributed by atoms with Crippen LogP contribution in [-0.4, -0.2) is 21.1 Å². The van der Waals surface area contributed by atoms with E-state index in [4.69, 9.17) is 4.74 Å². The number of carbonyl (C=O) groups excluding carboxylic acids is 1. The quantitative estimate of drug-likeness (QED) is 0.724. The summed E-state index contributed by atoms with van der Waals surface area (Å²) in [6, 6.07) is 14.8. The lowest BCUT2D eigenvalue weighted by Crippen LogP contribution is -2.48. The van der Waals surface area contributed by atoms with Crippen molar-refractivity contribution in [3.8, 4) is 5.75 Å². The SMILES string of the molecule is Cn1ccnc1C(NC(=O)C(C)(C)Oc1ccc(F)cc1)c1ccccc1. The van der Waals surface area contributed by atoms with Crippen molar-refractivity contribution in [3.05, 3.63) is 84.2 Å². The predicted octanol–water partition coefficient (Wildman–Crippen LogP) is 3.62. The largest absolute Gasteiger partial charge is 0.478 e. The monoisotopic (exact) mass is 367 g/mol. The Morgan fingerprint density at radius 2 is 1.81 bits per heavy atom. The molecule has 1 atom stereocenters. The molecule has 0 saturated heterocycles. The molecule has 5 nitrogen and oxygen atoms in total. The molecule has 0 saturated carbocycles. The molecule has 27 heavy (non-hydrogen) atoms. The van der Waals surface area contributed by atoms with E-state index in [0.29, 0.717) is 11.6 Å². The first-order chi connectivity index (χ1) is 12.9. The van der Waals surface area contributed by atoms with Gasteiger partial charge in [0.15, 0.2) is 5.60 Å². The zero-order valence-corrected chi connectivity index (χ0v) is 15.5. The standard InChI is InChI=1S/C21H22FN3O2/c1-21(2,27-17-11-9-16(22)10-12-17)20(26)24-18(15-7-5-4-6-8-15)19-23-13-14-25(19)3/h4-14,18H,1-3H3,(H,24,26). The summed E-state index contributed by atoms with van der Waals surface area (Å²) in [4.78, 5) is 17.4. The average Bonchev–Trinajstić information content (AvgIpc) is 3.07. The van der Waals surface area contributed by atoms with E-state index in [1.54, 1.807) is 20.0 Å². The molecule has 6 heteroatoms. The molecule has 3 aromatic rings. The van der Waals surface area contributed by atoms with Crippen LogP contribution in [0.3, 0.4) is 0 Å². The molecule has 2 aromatic carbocycles. The summed E-state index contributed by atoms with van der Waals surface area (Å²) in [5.41, 5.74) is -0.242. The number of aromatic nitrogens is 2. The summed E-state index contributed by atoms with van der Waals surface area (Å²) in [6.45, 7) is 3.35. The fourth-order valence-electron chi connectivity index (χ4n) is 2.75. The van der Waals surface area contributed by atoms with Gasteiger partial charge in [0.05, 0.1) is 0 Å². The molecular formula is C21H22FN3O2. The third-order valence-corrected chi connectivity index (χ3v) is 4.26. The molecule has 1 unspecified atom stereocenters. The summed E-state index contributed by atoms with van der Waals surface area (Å²) >= 11 is 0. The maximum atomic E-state index is 13.1. The van der Waals surface area contributed by atoms with Gasteiger partial charge in [0, 0.05) is 19.4 Å². The lowest BCUT2D eigenvalue weighted by atomic mass is 10.0. The van der Waals surface area contributed by atoms with Gasteiger partial charge in [-0.25, -0.2) is 9.37 Å². The minimum Gasteiger partial charge on any atom is -0.478 e. The van der Waals surface area contributed by atoms with E-state index in [-0.39, 0.29) is 11.7 Å². The molecule has 3 rings (SSSR count). The Balaban J connectivity index is 1.83. The Kier molecular flexibility index (Phi) is 5.26. The Hall–Kier alpha value is -3.15. The lowest BCUT2D eigenvalue weighted by Gasteiger charge is -2.28. The fourth-order valence-corrected chi connectivity index (χ4v) is 2.75. The molecule has 0 spiro atoms. The number of nitrogens with zero attached hydrogens (tertiary/aromatic N) is 2. The Morgan fingerprint density at radius 3 is 2.41 bits per heavy atom. The van der Waals surface area contributed by atoms with Crippen LogP contribution < -0.4 is 10.1 Å². The van der Waals surface area contributed by atoms with Crippen LogP contribution in [0.25, 0.3) is 0 Å². The van der Waals surface area contributed by atoms with Crippen molar-refractivity contribution in [2.24, 2.45) is 7.05 Å². The van der Waals surface area contributed by atoms with Crippen LogP contribution in [0.4, 0.5) is 4.39 Å². The molecule has 0 fully saturated rings. The normalized spacial score (nSPS) is 12.4. The Bertz CT molecular complexity index is 905. The van der Waals surface area contributed by atoms with Crippen molar-refractivity contribution in [3.63, 3.8) is 0 Å². The van der Waals surface area contributed by atoms with Crippen molar-refractivity contribution in [2.45, 2.75) is 25.5 Å². The molecule has 1 aromatic heterocycles. The highest BCUT2D eigenvalue weighted by Gasteiger charge is 2.33. The number of hydrogen-bond acceptors (Lipinski definition) is 3. The van der Waals surface area contributed by atoms with Crippen molar-refractivity contribution < 1.29 is 13.9 Å². The summed E-state index contributed by atoms with van der Waals surface area (Å²) < 4.78 is 20.8. The van der Waals surface area contributed by atoms with Gasteiger partial charge in [-0.2, -0.15) is 0 Å². The maximum absolute atomic E-state index is 13.1. The number of halogens is 1. The molecule has 1 amide bonds. The van der Waals surface area contributed by atoms with Crippen LogP contribution in [0.1, 0.15) is 31.3 Å². The maximum Gasteiger partial charge on any atom is 0.264 e. The van der Waals surface area contributed by atoms with Gasteiger partial charge in [0.1, 0.15) is 23.4 Å². The number of rotatable bonds is 6. The van der Waals surface area contributed by atoms with E-state index in [1.807, 2.05) is 48.1 Å². The number of benzene rings is 2. The third-order valence-electron chi connectivity index (χ3n) is 4.26. The summed E-state index contributed by atoms with van der Waals surface area (Å²) in [5.74, 6) is 0.476. The van der Waals surface area contributed by atoms with Crippen LogP contribution in [0.15, 0.2) is 67.0 Å². The number of carbonyl (C=O) groups is 1. The minimum absolute atomic E-state index is 0.302. The second-order valence-corrected chi connectivity index (χ2v) is 6.78. The van der Waals surface area contributed by atoms with Gasteiger partial charge in [-0.3, -0.25) is 4.79 Å². The molecule has 0 aliphatic heterocycles. The van der Waals surface area contributed by atoms with E-state index in [1.165, 1.54) is 24.3 Å². The molecule has 140 valence electrons. The molecular weight excluding hydrogens is 345 g/mol. The van der Waals surface area contributed by atoms with Gasteiger partial charge in [0.25, 0.3) is 5.91 Å². The Labute approximate surface area is 157 Å². The number of ether oxygens (including phenoxy) is 1. The van der Waals surface area contributed by atoms with Crippen molar-refractivity contribution in [1.82, 2.24) is 14.9 Å². The fraction of sp³-hybridized carbons (Fsp3) is 0.238. The number of amides is 1. The molecule has 1 N–H and O–H groups in total. The first-order valence-electron chi connectivity index (χ1n) is 8.64. The van der Waals surface area contributed by atoms with Gasteiger partial charge >= 0.3 is 0 Å². The second-order valence-electron chi connectivity index (χ2n) is 6.78. The summed E-state index contributed by atoms with van der Waals surface area (Å²) in [5, 5.41) is 3.03. The molecule has 0 aliphatic rings. The average molecular weight is 367 g/mol. The zero-order chi connectivity index (χ0) is 19.4. The van der Waals surface area contributed by atoms with Gasteiger partial charge in [-0.15, -0.1) is 0 Å². The highest BCUT2D eigenvalue weighted by molar-refractivity contribution is 5.85. The van der Waals surface area contributed by atoms with E-state index < -0.39 is 11.6 Å². The van der Waals surface area contributed by atoms with E-state index in [9.17, 15) is 9.18 Å². The van der Waals surface area contributed by atoms with Gasteiger partial charge in [-0.1, -0.05) is 30.3 Å². The number of nitrogens with one attached hydrogen (secondary N) is 1. The van der Waals surface area contributed by atoms with Crippen LogP contribution in [0.5, 0.6) is 5.75 Å². The highest BCUT2D eigenvalue weighted by atomic mass is 19.1. The van der Waals surface area contributed by atoms with E-state index >= 15 is 0 Å². The van der Waals surface area contributed by atoms with Crippen molar-refractivity contribution in [2.75, 3.05) is 0 Å². The third kappa shape index (κ3) is 4.34. The van der Waals surface area contributed by atoms with Gasteiger partial charge in [0.2, 0.25) is 0 Å². The topological polar surface area (TPSA) is 56.2 Å². The second kappa shape index (κ2) is 7.61. The first kappa shape index (κ1) is 18.6. The molecule has 0 bridgehead atoms. The van der Waals surface area contributed by atoms with Crippen LogP contribution >= 0.6 is 0 Å². The number of imidazole rings is 1. The molecule has 0 aliphatic carbocycles. The van der Waals surface area contributed by atoms with E-state index in [2.05, 4.69) is 10.3 Å². The minimum atomic E-state index is -1.16. The molecule has 1 heterocycles. The lowest BCUT2D eigenvalue weighted by molar-refractivity contribution is -0.134. The van der Waals surface area contributed by atoms with Gasteiger partial charge < -0.3 is 14.6 Å².